The van der Waals surface area contributed by atoms with E-state index in [-0.39, 0.29) is 11.5 Å². The highest BCUT2D eigenvalue weighted by Crippen LogP contribution is 2.23. The van der Waals surface area contributed by atoms with E-state index in [1.807, 2.05) is 6.07 Å². The van der Waals surface area contributed by atoms with E-state index < -0.39 is 0 Å². The van der Waals surface area contributed by atoms with Crippen molar-refractivity contribution in [2.75, 3.05) is 13.1 Å². The van der Waals surface area contributed by atoms with Crippen molar-refractivity contribution in [3.63, 3.8) is 0 Å². The van der Waals surface area contributed by atoms with Crippen molar-refractivity contribution in [2.24, 2.45) is 5.92 Å². The molecular weight excluding hydrogens is 358 g/mol. The van der Waals surface area contributed by atoms with E-state index in [4.69, 9.17) is 4.52 Å². The van der Waals surface area contributed by atoms with Crippen LogP contribution in [0.5, 0.6) is 0 Å². The van der Waals surface area contributed by atoms with Gasteiger partial charge in [0.25, 0.3) is 11.5 Å². The van der Waals surface area contributed by atoms with Gasteiger partial charge >= 0.3 is 0 Å². The van der Waals surface area contributed by atoms with Crippen molar-refractivity contribution in [2.45, 2.75) is 26.3 Å². The molecule has 1 fully saturated rings. The fourth-order valence-electron chi connectivity index (χ4n) is 3.47. The molecule has 1 amide bonds. The highest BCUT2D eigenvalue weighted by atomic mass is 16.5. The average Bonchev–Trinajstić information content (AvgIpc) is 3.22. The molecule has 0 N–H and O–H groups in total. The molecular formula is C20H21N5O3. The molecule has 0 saturated carbocycles. The topological polar surface area (TPSA) is 94.1 Å². The van der Waals surface area contributed by atoms with Crippen LogP contribution in [-0.4, -0.2) is 43.6 Å². The van der Waals surface area contributed by atoms with Gasteiger partial charge in [-0.3, -0.25) is 19.1 Å². The first kappa shape index (κ1) is 18.1. The van der Waals surface area contributed by atoms with Crippen LogP contribution in [0.25, 0.3) is 11.3 Å². The fraction of sp³-hybridized carbons (Fsp3) is 0.350. The van der Waals surface area contributed by atoms with Crippen LogP contribution in [0.2, 0.25) is 0 Å². The summed E-state index contributed by atoms with van der Waals surface area (Å²) >= 11 is 0. The van der Waals surface area contributed by atoms with E-state index in [1.165, 1.54) is 0 Å². The molecule has 8 nitrogen and oxygen atoms in total. The number of aryl methyl sites for hydroxylation is 1. The van der Waals surface area contributed by atoms with Crippen LogP contribution in [0.1, 0.15) is 28.9 Å². The molecule has 0 bridgehead atoms. The van der Waals surface area contributed by atoms with Crippen molar-refractivity contribution in [3.8, 4) is 11.3 Å². The molecule has 4 heterocycles. The van der Waals surface area contributed by atoms with Crippen molar-refractivity contribution in [1.82, 2.24) is 24.6 Å². The second-order valence-corrected chi connectivity index (χ2v) is 7.09. The standard InChI is InChI=1S/C20H21N5O3/c1-14-10-22-13-25(19(14)26)12-15-4-7-24(8-5-15)20(27)17-9-18(28-23-17)16-3-2-6-21-11-16/h2-3,6,9-11,13,15H,4-5,7-8,12H2,1H3. The molecule has 28 heavy (non-hydrogen) atoms. The van der Waals surface area contributed by atoms with Gasteiger partial charge in [0.1, 0.15) is 0 Å². The lowest BCUT2D eigenvalue weighted by Crippen LogP contribution is -2.40. The Hall–Kier alpha value is -3.29. The number of amides is 1. The number of rotatable bonds is 4. The van der Waals surface area contributed by atoms with Crippen LogP contribution in [0.4, 0.5) is 0 Å². The molecule has 3 aromatic heterocycles. The summed E-state index contributed by atoms with van der Waals surface area (Å²) in [6.07, 6.45) is 8.18. The highest BCUT2D eigenvalue weighted by Gasteiger charge is 2.26. The third-order valence-electron chi connectivity index (χ3n) is 5.10. The first-order valence-corrected chi connectivity index (χ1v) is 9.29. The number of piperidine rings is 1. The van der Waals surface area contributed by atoms with Gasteiger partial charge in [-0.05, 0) is 37.8 Å². The normalized spacial score (nSPS) is 15.0. The molecule has 0 atom stereocenters. The Morgan fingerprint density at radius 3 is 2.82 bits per heavy atom. The van der Waals surface area contributed by atoms with Crippen molar-refractivity contribution < 1.29 is 9.32 Å². The Kier molecular flexibility index (Phi) is 5.01. The Labute approximate surface area is 161 Å². The minimum Gasteiger partial charge on any atom is -0.355 e. The molecule has 0 aromatic carbocycles. The molecule has 3 aromatic rings. The smallest absolute Gasteiger partial charge is 0.276 e. The Morgan fingerprint density at radius 1 is 1.25 bits per heavy atom. The number of carbonyl (C=O) groups excluding carboxylic acids is 1. The molecule has 0 aliphatic carbocycles. The predicted molar refractivity (Wildman–Crippen MR) is 102 cm³/mol. The second-order valence-electron chi connectivity index (χ2n) is 7.09. The van der Waals surface area contributed by atoms with Gasteiger partial charge in [0.05, 0.1) is 6.33 Å². The summed E-state index contributed by atoms with van der Waals surface area (Å²) in [5.74, 6) is 0.734. The largest absolute Gasteiger partial charge is 0.355 e. The molecule has 4 rings (SSSR count). The molecule has 0 unspecified atom stereocenters. The first-order chi connectivity index (χ1) is 13.6. The lowest BCUT2D eigenvalue weighted by molar-refractivity contribution is 0.0672. The average molecular weight is 379 g/mol. The molecule has 1 saturated heterocycles. The van der Waals surface area contributed by atoms with Crippen LogP contribution in [0, 0.1) is 12.8 Å². The van der Waals surface area contributed by atoms with Gasteiger partial charge in [-0.1, -0.05) is 5.16 Å². The van der Waals surface area contributed by atoms with Crippen LogP contribution in [-0.2, 0) is 6.54 Å². The number of likely N-dealkylation sites (tertiary alicyclic amines) is 1. The first-order valence-electron chi connectivity index (χ1n) is 9.29. The zero-order valence-corrected chi connectivity index (χ0v) is 15.6. The maximum atomic E-state index is 12.7. The molecule has 8 heteroatoms. The Morgan fingerprint density at radius 2 is 2.07 bits per heavy atom. The molecule has 0 spiro atoms. The van der Waals surface area contributed by atoms with Crippen LogP contribution < -0.4 is 5.56 Å². The molecule has 1 aliphatic rings. The predicted octanol–water partition coefficient (Wildman–Crippen LogP) is 2.15. The lowest BCUT2D eigenvalue weighted by atomic mass is 9.96. The van der Waals surface area contributed by atoms with E-state index in [9.17, 15) is 9.59 Å². The van der Waals surface area contributed by atoms with Crippen LogP contribution in [0.3, 0.4) is 0 Å². The number of carbonyl (C=O) groups is 1. The Bertz CT molecular complexity index is 1020. The monoisotopic (exact) mass is 379 g/mol. The van der Waals surface area contributed by atoms with Gasteiger partial charge in [0.2, 0.25) is 0 Å². The van der Waals surface area contributed by atoms with E-state index >= 15 is 0 Å². The number of hydrogen-bond donors (Lipinski definition) is 0. The lowest BCUT2D eigenvalue weighted by Gasteiger charge is -2.31. The summed E-state index contributed by atoms with van der Waals surface area (Å²) in [7, 11) is 0. The molecule has 1 aliphatic heterocycles. The second kappa shape index (κ2) is 7.75. The summed E-state index contributed by atoms with van der Waals surface area (Å²) in [4.78, 5) is 34.8. The van der Waals surface area contributed by atoms with E-state index in [0.717, 1.165) is 18.4 Å². The zero-order chi connectivity index (χ0) is 19.5. The van der Waals surface area contributed by atoms with Gasteiger partial charge < -0.3 is 9.42 Å². The van der Waals surface area contributed by atoms with Crippen molar-refractivity contribution in [1.29, 1.82) is 0 Å². The van der Waals surface area contributed by atoms with Crippen molar-refractivity contribution >= 4 is 5.91 Å². The highest BCUT2D eigenvalue weighted by molar-refractivity contribution is 5.93. The number of pyridine rings is 1. The summed E-state index contributed by atoms with van der Waals surface area (Å²) in [6.45, 7) is 3.66. The van der Waals surface area contributed by atoms with Crippen LogP contribution >= 0.6 is 0 Å². The SMILES string of the molecule is Cc1cncn(CC2CCN(C(=O)c3cc(-c4cccnc4)on3)CC2)c1=O. The van der Waals surface area contributed by atoms with Crippen LogP contribution in [0.15, 0.2) is 52.4 Å². The number of hydrogen-bond acceptors (Lipinski definition) is 6. The van der Waals surface area contributed by atoms with Gasteiger partial charge in [0.15, 0.2) is 11.5 Å². The van der Waals surface area contributed by atoms with E-state index in [0.29, 0.717) is 42.6 Å². The summed E-state index contributed by atoms with van der Waals surface area (Å²) in [5, 5.41) is 3.93. The summed E-state index contributed by atoms with van der Waals surface area (Å²) in [6, 6.07) is 5.32. The van der Waals surface area contributed by atoms with Crippen molar-refractivity contribution in [3.05, 3.63) is 64.7 Å². The summed E-state index contributed by atoms with van der Waals surface area (Å²) in [5.41, 5.74) is 1.73. The van der Waals surface area contributed by atoms with E-state index in [2.05, 4.69) is 15.1 Å². The third-order valence-corrected chi connectivity index (χ3v) is 5.10. The minimum atomic E-state index is -0.133. The maximum absolute atomic E-state index is 12.7. The summed E-state index contributed by atoms with van der Waals surface area (Å²) < 4.78 is 6.97. The quantitative estimate of drug-likeness (QED) is 0.689. The fourth-order valence-corrected chi connectivity index (χ4v) is 3.47. The number of nitrogens with zero attached hydrogens (tertiary/aromatic N) is 5. The van der Waals surface area contributed by atoms with E-state index in [1.54, 1.807) is 53.4 Å². The molecule has 0 radical (unpaired) electrons. The molecule has 144 valence electrons. The minimum absolute atomic E-state index is 0.000894. The van der Waals surface area contributed by atoms with Gasteiger partial charge in [-0.15, -0.1) is 0 Å². The zero-order valence-electron chi connectivity index (χ0n) is 15.6. The van der Waals surface area contributed by atoms with Gasteiger partial charge in [0, 0.05) is 55.4 Å². The maximum Gasteiger partial charge on any atom is 0.276 e. The Balaban J connectivity index is 1.37. The van der Waals surface area contributed by atoms with Gasteiger partial charge in [-0.2, -0.15) is 0 Å². The third kappa shape index (κ3) is 3.71. The number of aromatic nitrogens is 4. The van der Waals surface area contributed by atoms with Gasteiger partial charge in [-0.25, -0.2) is 4.98 Å².